The Bertz CT molecular complexity index is 1580. The van der Waals surface area contributed by atoms with E-state index in [9.17, 15) is 9.59 Å². The molecule has 0 fully saturated rings. The molecule has 0 amide bonds. The number of benzene rings is 2. The molecule has 3 heterocycles. The average Bonchev–Trinajstić information content (AvgIpc) is 3.42. The summed E-state index contributed by atoms with van der Waals surface area (Å²) >= 11 is 0. The fourth-order valence-corrected chi connectivity index (χ4v) is 5.71. The summed E-state index contributed by atoms with van der Waals surface area (Å²) in [5, 5.41) is 2.03. The van der Waals surface area contributed by atoms with E-state index in [0.717, 1.165) is 59.3 Å². The second-order valence-corrected chi connectivity index (χ2v) is 14.1. The van der Waals surface area contributed by atoms with Crippen molar-refractivity contribution in [2.45, 2.75) is 98.3 Å². The Labute approximate surface area is 282 Å². The van der Waals surface area contributed by atoms with E-state index in [1.807, 2.05) is 6.07 Å². The maximum Gasteiger partial charge on any atom is 0.323 e. The van der Waals surface area contributed by atoms with Crippen LogP contribution in [0.4, 0.5) is 0 Å². The molecule has 46 heavy (non-hydrogen) atoms. The van der Waals surface area contributed by atoms with Gasteiger partial charge in [0.2, 0.25) is 12.5 Å². The van der Waals surface area contributed by atoms with Gasteiger partial charge in [-0.2, -0.15) is 4.57 Å². The molecule has 9 nitrogen and oxygen atoms in total. The third kappa shape index (κ3) is 7.70. The molecule has 2 aliphatic heterocycles. The van der Waals surface area contributed by atoms with E-state index in [0.29, 0.717) is 30.9 Å². The number of methoxy groups -OCH3 is 1. The molecular weight excluding hydrogens is 654 g/mol. The number of hydrogen-bond donors (Lipinski definition) is 0. The van der Waals surface area contributed by atoms with E-state index in [2.05, 4.69) is 35.0 Å². The number of carbonyl (C=O) groups is 2. The molecule has 0 N–H and O–H groups in total. The predicted octanol–water partition coefficient (Wildman–Crippen LogP) is 3.72. The molecule has 0 bridgehead atoms. The van der Waals surface area contributed by atoms with Gasteiger partial charge in [-0.05, 0) is 96.5 Å². The van der Waals surface area contributed by atoms with Crippen molar-refractivity contribution >= 4 is 22.7 Å². The Morgan fingerprint density at radius 3 is 2.15 bits per heavy atom. The van der Waals surface area contributed by atoms with Gasteiger partial charge < -0.3 is 45.4 Å². The van der Waals surface area contributed by atoms with Crippen molar-refractivity contribution in [1.82, 2.24) is 0 Å². The number of carbonyl (C=O) groups excluding carboxylic acids is 2. The molecule has 0 saturated carbocycles. The zero-order valence-electron chi connectivity index (χ0n) is 28.2. The fraction of sp³-hybridized carbons (Fsp3) is 0.528. The Balaban J connectivity index is 0.00000480. The van der Waals surface area contributed by atoms with Crippen molar-refractivity contribution in [1.29, 1.82) is 0 Å². The monoisotopic (exact) mass is 699 g/mol. The summed E-state index contributed by atoms with van der Waals surface area (Å²) < 4.78 is 36.8. The van der Waals surface area contributed by atoms with Crippen molar-refractivity contribution in [2.75, 3.05) is 20.5 Å². The van der Waals surface area contributed by atoms with Gasteiger partial charge >= 0.3 is 11.9 Å². The largest absolute Gasteiger partial charge is 1.00 e. The minimum atomic E-state index is -1.39. The number of unbranched alkanes of at least 4 members (excludes halogenated alkanes) is 2. The highest BCUT2D eigenvalue weighted by atomic mass is 79.9. The van der Waals surface area contributed by atoms with Crippen LogP contribution in [0.15, 0.2) is 36.5 Å². The lowest BCUT2D eigenvalue weighted by molar-refractivity contribution is -0.686. The number of aromatic nitrogens is 1. The molecule has 0 saturated heterocycles. The van der Waals surface area contributed by atoms with Crippen molar-refractivity contribution in [2.24, 2.45) is 5.41 Å². The first kappa shape index (κ1) is 35.3. The number of nitrogens with zero attached hydrogens (tertiary/aromatic N) is 1. The normalized spacial score (nSPS) is 13.7. The summed E-state index contributed by atoms with van der Waals surface area (Å²) in [5.41, 5.74) is 0.699. The maximum atomic E-state index is 13.2. The Morgan fingerprint density at radius 1 is 0.870 bits per heavy atom. The molecule has 250 valence electrons. The van der Waals surface area contributed by atoms with Crippen molar-refractivity contribution in [3.8, 4) is 34.3 Å². The number of halogens is 1. The summed E-state index contributed by atoms with van der Waals surface area (Å²) in [4.78, 5) is 26.3. The lowest BCUT2D eigenvalue weighted by Gasteiger charge is -2.32. The van der Waals surface area contributed by atoms with Gasteiger partial charge in [-0.1, -0.05) is 12.8 Å². The minimum Gasteiger partial charge on any atom is -1.00 e. The Morgan fingerprint density at radius 2 is 1.52 bits per heavy atom. The Hall–Kier alpha value is -3.53. The van der Waals surface area contributed by atoms with Crippen LogP contribution in [0.3, 0.4) is 0 Å². The second kappa shape index (κ2) is 13.7. The summed E-state index contributed by atoms with van der Waals surface area (Å²) in [6.45, 7) is 13.9. The van der Waals surface area contributed by atoms with Gasteiger partial charge in [0.1, 0.15) is 11.2 Å². The summed E-state index contributed by atoms with van der Waals surface area (Å²) in [5.74, 6) is 1.84. The van der Waals surface area contributed by atoms with Crippen molar-refractivity contribution < 1.29 is 59.6 Å². The highest BCUT2D eigenvalue weighted by Crippen LogP contribution is 2.42. The lowest BCUT2D eigenvalue weighted by Crippen LogP contribution is -3.00. The van der Waals surface area contributed by atoms with Gasteiger partial charge in [0, 0.05) is 12.5 Å². The van der Waals surface area contributed by atoms with Gasteiger partial charge in [-0.15, -0.1) is 0 Å². The van der Waals surface area contributed by atoms with E-state index in [4.69, 9.17) is 28.4 Å². The van der Waals surface area contributed by atoms with Gasteiger partial charge in [0.05, 0.1) is 24.7 Å². The van der Waals surface area contributed by atoms with Crippen LogP contribution in [0.2, 0.25) is 0 Å². The van der Waals surface area contributed by atoms with Crippen LogP contribution < -0.4 is 40.5 Å². The molecular formula is C36H46BrNO8. The molecule has 0 unspecified atom stereocenters. The number of ether oxygens (including phenoxy) is 6. The third-order valence-corrected chi connectivity index (χ3v) is 8.06. The summed E-state index contributed by atoms with van der Waals surface area (Å²) in [6, 6.07) is 10.3. The van der Waals surface area contributed by atoms with Crippen LogP contribution in [0.1, 0.15) is 79.7 Å². The van der Waals surface area contributed by atoms with E-state index in [1.165, 1.54) is 5.56 Å². The van der Waals surface area contributed by atoms with E-state index < -0.39 is 28.6 Å². The SMILES string of the molecule is COc1ccc2cc3[n+](cc2c1OCCCCCC(C)(C(=O)OC(C)(C)C)C(=O)OC(C)(C)C)CCc1cc2c(cc1-3)OCO2.[Br-]. The van der Waals surface area contributed by atoms with E-state index >= 15 is 0 Å². The highest BCUT2D eigenvalue weighted by Gasteiger charge is 2.46. The lowest BCUT2D eigenvalue weighted by atomic mass is 9.84. The van der Waals surface area contributed by atoms with E-state index in [-0.39, 0.29) is 23.8 Å². The number of pyridine rings is 1. The van der Waals surface area contributed by atoms with Gasteiger partial charge in [-0.25, -0.2) is 0 Å². The van der Waals surface area contributed by atoms with Crippen molar-refractivity contribution in [3.05, 3.63) is 42.1 Å². The standard InChI is InChI=1S/C36H46NO8.BrH/c1-34(2,3)44-32(38)36(7,33(39)45-35(4,5)6)15-10-9-11-17-41-31-26-21-37-16-14-24-19-29-30(43-22-42-29)20-25(24)27(37)18-23(26)12-13-28(31)40-8;/h12-13,18-21H,9-11,14-17,22H2,1-8H3;1H/q+1;/p-1. The Kier molecular flexibility index (Phi) is 10.5. The maximum absolute atomic E-state index is 13.2. The molecule has 2 aliphatic rings. The topological polar surface area (TPSA) is 93.4 Å². The van der Waals surface area contributed by atoms with Gasteiger partial charge in [0.25, 0.3) is 0 Å². The summed E-state index contributed by atoms with van der Waals surface area (Å²) in [7, 11) is 1.65. The molecule has 1 aromatic heterocycles. The molecule has 0 spiro atoms. The number of hydrogen-bond acceptors (Lipinski definition) is 8. The molecule has 2 aromatic carbocycles. The predicted molar refractivity (Wildman–Crippen MR) is 170 cm³/mol. The van der Waals surface area contributed by atoms with Gasteiger partial charge in [0.15, 0.2) is 41.2 Å². The second-order valence-electron chi connectivity index (χ2n) is 14.1. The first-order valence-electron chi connectivity index (χ1n) is 15.8. The average molecular weight is 701 g/mol. The summed E-state index contributed by atoms with van der Waals surface area (Å²) in [6.07, 6.45) is 5.47. The van der Waals surface area contributed by atoms with Crippen LogP contribution in [-0.2, 0) is 32.0 Å². The third-order valence-electron chi connectivity index (χ3n) is 8.06. The smallest absolute Gasteiger partial charge is 0.323 e. The molecule has 0 radical (unpaired) electrons. The molecule has 10 heteroatoms. The molecule has 3 aromatic rings. The zero-order valence-corrected chi connectivity index (χ0v) is 29.8. The van der Waals surface area contributed by atoms with Gasteiger partial charge in [-0.3, -0.25) is 9.59 Å². The van der Waals surface area contributed by atoms with Crippen LogP contribution in [0.25, 0.3) is 22.0 Å². The van der Waals surface area contributed by atoms with Crippen molar-refractivity contribution in [3.63, 3.8) is 0 Å². The van der Waals surface area contributed by atoms with Crippen LogP contribution >= 0.6 is 0 Å². The zero-order chi connectivity index (χ0) is 32.6. The van der Waals surface area contributed by atoms with Crippen LogP contribution in [0, 0.1) is 5.41 Å². The molecule has 0 aliphatic carbocycles. The first-order chi connectivity index (χ1) is 21.2. The number of esters is 2. The minimum absolute atomic E-state index is 0. The number of fused-ring (bicyclic) bond motifs is 5. The number of aryl methyl sites for hydroxylation is 2. The van der Waals surface area contributed by atoms with Crippen LogP contribution in [-0.4, -0.2) is 43.7 Å². The number of rotatable bonds is 10. The molecule has 5 rings (SSSR count). The fourth-order valence-electron chi connectivity index (χ4n) is 5.71. The quantitative estimate of drug-likeness (QED) is 0.137. The van der Waals surface area contributed by atoms with E-state index in [1.54, 1.807) is 55.6 Å². The first-order valence-corrected chi connectivity index (χ1v) is 15.8. The highest BCUT2D eigenvalue weighted by molar-refractivity contribution is 6.00. The van der Waals surface area contributed by atoms with Crippen LogP contribution in [0.5, 0.6) is 23.0 Å². The molecule has 0 atom stereocenters.